The van der Waals surface area contributed by atoms with Crippen molar-refractivity contribution in [1.82, 2.24) is 4.98 Å². The van der Waals surface area contributed by atoms with E-state index >= 15 is 0 Å². The monoisotopic (exact) mass is 166 g/mol. The highest BCUT2D eigenvalue weighted by atomic mass is 19.1. The molecule has 0 saturated heterocycles. The van der Waals surface area contributed by atoms with E-state index in [2.05, 4.69) is 4.98 Å². The zero-order chi connectivity index (χ0) is 8.97. The largest absolute Gasteiger partial charge is 0.395 e. The van der Waals surface area contributed by atoms with Crippen LogP contribution in [0.15, 0.2) is 18.3 Å². The van der Waals surface area contributed by atoms with Crippen LogP contribution in [0.25, 0.3) is 0 Å². The Balaban J connectivity index is 3.02. The zero-order valence-electron chi connectivity index (χ0n) is 6.24. The molecule has 12 heavy (non-hydrogen) atoms. The third-order valence-corrected chi connectivity index (χ3v) is 1.46. The van der Waals surface area contributed by atoms with Crippen LogP contribution in [0.2, 0.25) is 0 Å². The molecule has 0 amide bonds. The predicted octanol–water partition coefficient (Wildman–Crippen LogP) is 0.820. The maximum atomic E-state index is 12.9. The van der Waals surface area contributed by atoms with Crippen molar-refractivity contribution in [2.75, 3.05) is 6.61 Å². The fourth-order valence-electron chi connectivity index (χ4n) is 0.843. The number of hydrogen-bond acceptors (Lipinski definition) is 3. The molecule has 0 radical (unpaired) electrons. The van der Waals surface area contributed by atoms with Crippen LogP contribution in [0.5, 0.6) is 0 Å². The van der Waals surface area contributed by atoms with Gasteiger partial charge in [-0.15, -0.1) is 0 Å². The van der Waals surface area contributed by atoms with Gasteiger partial charge in [-0.3, -0.25) is 4.98 Å². The van der Waals surface area contributed by atoms with Gasteiger partial charge >= 0.3 is 0 Å². The van der Waals surface area contributed by atoms with Crippen molar-refractivity contribution < 1.29 is 9.50 Å². The lowest BCUT2D eigenvalue weighted by molar-refractivity contribution is 0.281. The second kappa shape index (κ2) is 3.79. The molecule has 0 aliphatic carbocycles. The average molecular weight is 166 g/mol. The first-order chi connectivity index (χ1) is 5.79. The number of aromatic nitrogens is 1. The van der Waals surface area contributed by atoms with Gasteiger partial charge < -0.3 is 5.11 Å². The van der Waals surface area contributed by atoms with Crippen molar-refractivity contribution >= 4 is 0 Å². The van der Waals surface area contributed by atoms with Gasteiger partial charge in [0.25, 0.3) is 0 Å². The van der Waals surface area contributed by atoms with Gasteiger partial charge in [0.1, 0.15) is 11.7 Å². The Morgan fingerprint density at radius 1 is 1.75 bits per heavy atom. The summed E-state index contributed by atoms with van der Waals surface area (Å²) in [5, 5.41) is 17.2. The summed E-state index contributed by atoms with van der Waals surface area (Å²) in [4.78, 5) is 3.66. The minimum Gasteiger partial charge on any atom is -0.395 e. The van der Waals surface area contributed by atoms with E-state index in [1.54, 1.807) is 6.07 Å². The number of halogens is 1. The van der Waals surface area contributed by atoms with Crippen molar-refractivity contribution in [2.45, 2.75) is 5.92 Å². The molecule has 3 nitrogen and oxygen atoms in total. The molecular weight excluding hydrogens is 159 g/mol. The second-order valence-corrected chi connectivity index (χ2v) is 2.23. The highest BCUT2D eigenvalue weighted by Crippen LogP contribution is 2.14. The van der Waals surface area contributed by atoms with E-state index in [0.717, 1.165) is 0 Å². The number of pyridine rings is 1. The van der Waals surface area contributed by atoms with Gasteiger partial charge in [0.05, 0.1) is 18.4 Å². The van der Waals surface area contributed by atoms with Crippen LogP contribution in [0.3, 0.4) is 0 Å². The lowest BCUT2D eigenvalue weighted by atomic mass is 10.1. The SMILES string of the molecule is N#CC(CO)c1ncccc1F. The Bertz CT molecular complexity index is 308. The first-order valence-corrected chi connectivity index (χ1v) is 3.40. The predicted molar refractivity (Wildman–Crippen MR) is 39.6 cm³/mol. The van der Waals surface area contributed by atoms with E-state index in [9.17, 15) is 4.39 Å². The highest BCUT2D eigenvalue weighted by molar-refractivity contribution is 5.18. The fourth-order valence-corrected chi connectivity index (χ4v) is 0.843. The summed E-state index contributed by atoms with van der Waals surface area (Å²) in [6, 6.07) is 4.40. The summed E-state index contributed by atoms with van der Waals surface area (Å²) >= 11 is 0. The summed E-state index contributed by atoms with van der Waals surface area (Å²) < 4.78 is 12.9. The van der Waals surface area contributed by atoms with Gasteiger partial charge in [-0.1, -0.05) is 0 Å². The Labute approximate surface area is 69.1 Å². The van der Waals surface area contributed by atoms with Crippen LogP contribution in [0.1, 0.15) is 11.6 Å². The summed E-state index contributed by atoms with van der Waals surface area (Å²) in [7, 11) is 0. The molecule has 1 rings (SSSR count). The van der Waals surface area contributed by atoms with E-state index in [0.29, 0.717) is 0 Å². The number of hydrogen-bond donors (Lipinski definition) is 1. The third kappa shape index (κ3) is 1.57. The number of aliphatic hydroxyl groups is 1. The lowest BCUT2D eigenvalue weighted by Gasteiger charge is -2.04. The average Bonchev–Trinajstić information content (AvgIpc) is 2.10. The van der Waals surface area contributed by atoms with E-state index in [1.165, 1.54) is 18.3 Å². The van der Waals surface area contributed by atoms with Gasteiger partial charge in [0.15, 0.2) is 0 Å². The molecule has 1 aromatic heterocycles. The second-order valence-electron chi connectivity index (χ2n) is 2.23. The van der Waals surface area contributed by atoms with Gasteiger partial charge in [-0.2, -0.15) is 5.26 Å². The zero-order valence-corrected chi connectivity index (χ0v) is 6.24. The Morgan fingerprint density at radius 2 is 2.50 bits per heavy atom. The van der Waals surface area contributed by atoms with E-state index in [4.69, 9.17) is 10.4 Å². The molecule has 0 aliphatic rings. The van der Waals surface area contributed by atoms with E-state index < -0.39 is 18.3 Å². The normalized spacial score (nSPS) is 12.1. The van der Waals surface area contributed by atoms with Crippen molar-refractivity contribution in [2.24, 2.45) is 0 Å². The first kappa shape index (κ1) is 8.62. The number of aliphatic hydroxyl groups excluding tert-OH is 1. The molecular formula is C8H7FN2O. The van der Waals surface area contributed by atoms with Gasteiger partial charge in [0.2, 0.25) is 0 Å². The fraction of sp³-hybridized carbons (Fsp3) is 0.250. The molecule has 0 aromatic carbocycles. The summed E-state index contributed by atoms with van der Waals surface area (Å²) in [6.45, 7) is -0.412. The number of nitriles is 1. The quantitative estimate of drug-likeness (QED) is 0.707. The van der Waals surface area contributed by atoms with Crippen LogP contribution < -0.4 is 0 Å². The summed E-state index contributed by atoms with van der Waals surface area (Å²) in [5.41, 5.74) is 0.00231. The van der Waals surface area contributed by atoms with E-state index in [-0.39, 0.29) is 5.69 Å². The molecule has 1 N–H and O–H groups in total. The van der Waals surface area contributed by atoms with E-state index in [1.807, 2.05) is 0 Å². The molecule has 0 spiro atoms. The van der Waals surface area contributed by atoms with Gasteiger partial charge in [-0.25, -0.2) is 4.39 Å². The molecule has 0 saturated carbocycles. The first-order valence-electron chi connectivity index (χ1n) is 3.40. The molecule has 1 atom stereocenters. The van der Waals surface area contributed by atoms with Crippen LogP contribution in [-0.2, 0) is 0 Å². The molecule has 62 valence electrons. The molecule has 0 bridgehead atoms. The van der Waals surface area contributed by atoms with Gasteiger partial charge in [-0.05, 0) is 12.1 Å². The maximum absolute atomic E-state index is 12.9. The smallest absolute Gasteiger partial charge is 0.146 e. The Hall–Kier alpha value is -1.47. The van der Waals surface area contributed by atoms with Crippen molar-refractivity contribution in [1.29, 1.82) is 5.26 Å². The topological polar surface area (TPSA) is 56.9 Å². The molecule has 4 heteroatoms. The van der Waals surface area contributed by atoms with Crippen molar-refractivity contribution in [3.63, 3.8) is 0 Å². The Morgan fingerprint density at radius 3 is 3.00 bits per heavy atom. The molecule has 1 unspecified atom stereocenters. The lowest BCUT2D eigenvalue weighted by Crippen LogP contribution is -2.05. The summed E-state index contributed by atoms with van der Waals surface area (Å²) in [5.74, 6) is -1.43. The molecule has 1 heterocycles. The standard InChI is InChI=1S/C8H7FN2O/c9-7-2-1-3-11-8(7)6(4-10)5-12/h1-3,6,12H,5H2. The molecule has 1 aromatic rings. The summed E-state index contributed by atoms with van der Waals surface area (Å²) in [6.07, 6.45) is 1.39. The van der Waals surface area contributed by atoms with Crippen LogP contribution in [0, 0.1) is 17.1 Å². The number of nitrogens with zero attached hydrogens (tertiary/aromatic N) is 2. The minimum absolute atomic E-state index is 0.00231. The number of rotatable bonds is 2. The van der Waals surface area contributed by atoms with Gasteiger partial charge in [0, 0.05) is 6.20 Å². The van der Waals surface area contributed by atoms with Crippen molar-refractivity contribution in [3.05, 3.63) is 29.8 Å². The third-order valence-electron chi connectivity index (χ3n) is 1.46. The molecule has 0 aliphatic heterocycles. The minimum atomic E-state index is -0.869. The van der Waals surface area contributed by atoms with Crippen LogP contribution in [0.4, 0.5) is 4.39 Å². The Kier molecular flexibility index (Phi) is 2.72. The maximum Gasteiger partial charge on any atom is 0.146 e. The molecule has 0 fully saturated rings. The van der Waals surface area contributed by atoms with Crippen molar-refractivity contribution in [3.8, 4) is 6.07 Å². The van der Waals surface area contributed by atoms with Crippen LogP contribution in [-0.4, -0.2) is 16.7 Å². The highest BCUT2D eigenvalue weighted by Gasteiger charge is 2.14. The van der Waals surface area contributed by atoms with Crippen LogP contribution >= 0.6 is 0 Å².